The van der Waals surface area contributed by atoms with Crippen molar-refractivity contribution in [1.29, 1.82) is 0 Å². The molecular weight excluding hydrogens is 354 g/mol. The van der Waals surface area contributed by atoms with E-state index in [-0.39, 0.29) is 28.3 Å². The molecule has 138 valence electrons. The van der Waals surface area contributed by atoms with E-state index in [0.29, 0.717) is 11.4 Å². The van der Waals surface area contributed by atoms with E-state index in [1.54, 1.807) is 18.2 Å². The molecule has 0 unspecified atom stereocenters. The maximum atomic E-state index is 12.5. The number of amides is 2. The number of anilines is 2. The van der Waals surface area contributed by atoms with Gasteiger partial charge < -0.3 is 10.6 Å². The summed E-state index contributed by atoms with van der Waals surface area (Å²) in [6.45, 7) is 5.04. The number of carbonyl (C=O) groups is 2. The van der Waals surface area contributed by atoms with Gasteiger partial charge in [-0.05, 0) is 56.3 Å². The molecule has 8 heteroatoms. The minimum absolute atomic E-state index is 0.0140. The van der Waals surface area contributed by atoms with Crippen molar-refractivity contribution in [1.82, 2.24) is 5.32 Å². The second kappa shape index (κ2) is 8.01. The van der Waals surface area contributed by atoms with Crippen LogP contribution in [0.1, 0.15) is 31.1 Å². The fraction of sp³-hybridized carbons (Fsp3) is 0.222. The monoisotopic (exact) mass is 375 g/mol. The summed E-state index contributed by atoms with van der Waals surface area (Å²) in [4.78, 5) is 23.1. The van der Waals surface area contributed by atoms with Gasteiger partial charge in [0, 0.05) is 29.9 Å². The Morgan fingerprint density at radius 1 is 0.962 bits per heavy atom. The maximum absolute atomic E-state index is 12.5. The first-order valence-corrected chi connectivity index (χ1v) is 9.47. The van der Waals surface area contributed by atoms with E-state index in [9.17, 15) is 18.0 Å². The summed E-state index contributed by atoms with van der Waals surface area (Å²) in [5, 5.41) is 5.32. The number of rotatable bonds is 6. The minimum Gasteiger partial charge on any atom is -0.350 e. The Kier molecular flexibility index (Phi) is 5.99. The van der Waals surface area contributed by atoms with Gasteiger partial charge in [-0.25, -0.2) is 8.42 Å². The van der Waals surface area contributed by atoms with Crippen LogP contribution in [-0.2, 0) is 14.8 Å². The van der Waals surface area contributed by atoms with Crippen molar-refractivity contribution < 1.29 is 18.0 Å². The molecular formula is C18H21N3O4S. The Bertz CT molecular complexity index is 906. The smallest absolute Gasteiger partial charge is 0.261 e. The van der Waals surface area contributed by atoms with E-state index in [4.69, 9.17) is 0 Å². The van der Waals surface area contributed by atoms with Crippen molar-refractivity contribution >= 4 is 33.2 Å². The highest BCUT2D eigenvalue weighted by Crippen LogP contribution is 2.19. The molecule has 2 aromatic rings. The van der Waals surface area contributed by atoms with Gasteiger partial charge in [0.25, 0.3) is 15.9 Å². The average Bonchev–Trinajstić information content (AvgIpc) is 2.55. The second-order valence-electron chi connectivity index (χ2n) is 6.02. The number of nitrogens with one attached hydrogen (secondary N) is 3. The minimum atomic E-state index is -3.85. The normalized spacial score (nSPS) is 11.1. The average molecular weight is 375 g/mol. The molecule has 0 aliphatic carbocycles. The fourth-order valence-corrected chi connectivity index (χ4v) is 3.29. The second-order valence-corrected chi connectivity index (χ2v) is 7.70. The summed E-state index contributed by atoms with van der Waals surface area (Å²) >= 11 is 0. The van der Waals surface area contributed by atoms with Crippen LogP contribution in [0.4, 0.5) is 11.4 Å². The largest absolute Gasteiger partial charge is 0.350 e. The molecule has 0 aliphatic rings. The predicted octanol–water partition coefficient (Wildman–Crippen LogP) is 2.58. The number of carbonyl (C=O) groups excluding carboxylic acids is 2. The Morgan fingerprint density at radius 3 is 2.15 bits per heavy atom. The quantitative estimate of drug-likeness (QED) is 0.722. The molecule has 0 bridgehead atoms. The Morgan fingerprint density at radius 2 is 1.58 bits per heavy atom. The van der Waals surface area contributed by atoms with Crippen LogP contribution in [0.2, 0.25) is 0 Å². The molecule has 2 amide bonds. The van der Waals surface area contributed by atoms with Gasteiger partial charge in [-0.1, -0.05) is 6.07 Å². The van der Waals surface area contributed by atoms with E-state index >= 15 is 0 Å². The van der Waals surface area contributed by atoms with Crippen LogP contribution in [0.15, 0.2) is 53.4 Å². The summed E-state index contributed by atoms with van der Waals surface area (Å²) in [6, 6.07) is 12.0. The van der Waals surface area contributed by atoms with Crippen molar-refractivity contribution in [3.05, 3.63) is 54.1 Å². The van der Waals surface area contributed by atoms with Gasteiger partial charge >= 0.3 is 0 Å². The highest BCUT2D eigenvalue weighted by molar-refractivity contribution is 7.92. The van der Waals surface area contributed by atoms with Crippen LogP contribution >= 0.6 is 0 Å². The first kappa shape index (κ1) is 19.5. The molecule has 0 fully saturated rings. The van der Waals surface area contributed by atoms with Gasteiger partial charge in [-0.2, -0.15) is 0 Å². The van der Waals surface area contributed by atoms with Crippen molar-refractivity contribution in [3.63, 3.8) is 0 Å². The molecule has 26 heavy (non-hydrogen) atoms. The van der Waals surface area contributed by atoms with Crippen LogP contribution in [0.25, 0.3) is 0 Å². The molecule has 2 rings (SSSR count). The first-order chi connectivity index (χ1) is 12.2. The zero-order chi connectivity index (χ0) is 19.3. The fourth-order valence-electron chi connectivity index (χ4n) is 2.19. The highest BCUT2D eigenvalue weighted by Gasteiger charge is 2.17. The number of hydrogen-bond acceptors (Lipinski definition) is 4. The predicted molar refractivity (Wildman–Crippen MR) is 101 cm³/mol. The van der Waals surface area contributed by atoms with Crippen LogP contribution in [-0.4, -0.2) is 26.3 Å². The Balaban J connectivity index is 2.19. The SMILES string of the molecule is CC(=O)Nc1ccc(NS(=O)(=O)c2cccc(C(=O)NC(C)C)c2)cc1. The molecule has 2 aromatic carbocycles. The third kappa shape index (κ3) is 5.32. The lowest BCUT2D eigenvalue weighted by Gasteiger charge is -2.11. The Labute approximate surface area is 152 Å². The van der Waals surface area contributed by atoms with Crippen molar-refractivity contribution in [3.8, 4) is 0 Å². The van der Waals surface area contributed by atoms with E-state index in [2.05, 4.69) is 15.4 Å². The van der Waals surface area contributed by atoms with Gasteiger partial charge in [0.2, 0.25) is 5.91 Å². The molecule has 0 radical (unpaired) electrons. The number of hydrogen-bond donors (Lipinski definition) is 3. The van der Waals surface area contributed by atoms with Crippen molar-refractivity contribution in [2.45, 2.75) is 31.7 Å². The summed E-state index contributed by atoms with van der Waals surface area (Å²) in [7, 11) is -3.85. The lowest BCUT2D eigenvalue weighted by molar-refractivity contribution is -0.114. The first-order valence-electron chi connectivity index (χ1n) is 7.99. The summed E-state index contributed by atoms with van der Waals surface area (Å²) < 4.78 is 27.5. The third-order valence-corrected chi connectivity index (χ3v) is 4.66. The highest BCUT2D eigenvalue weighted by atomic mass is 32.2. The zero-order valence-electron chi connectivity index (χ0n) is 14.7. The van der Waals surface area contributed by atoms with E-state index in [1.165, 1.54) is 37.3 Å². The van der Waals surface area contributed by atoms with Crippen molar-refractivity contribution in [2.24, 2.45) is 0 Å². The molecule has 0 saturated heterocycles. The van der Waals surface area contributed by atoms with Crippen LogP contribution in [0, 0.1) is 0 Å². The summed E-state index contributed by atoms with van der Waals surface area (Å²) in [5.74, 6) is -0.550. The number of sulfonamides is 1. The van der Waals surface area contributed by atoms with E-state index < -0.39 is 10.0 Å². The molecule has 0 heterocycles. The lowest BCUT2D eigenvalue weighted by atomic mass is 10.2. The standard InChI is InChI=1S/C18H21N3O4S/c1-12(2)19-18(23)14-5-4-6-17(11-14)26(24,25)21-16-9-7-15(8-10-16)20-13(3)22/h4-12,21H,1-3H3,(H,19,23)(H,20,22). The summed E-state index contributed by atoms with van der Waals surface area (Å²) in [6.07, 6.45) is 0. The molecule has 7 nitrogen and oxygen atoms in total. The Hall–Kier alpha value is -2.87. The van der Waals surface area contributed by atoms with Crippen LogP contribution < -0.4 is 15.4 Å². The molecule has 0 spiro atoms. The van der Waals surface area contributed by atoms with Crippen molar-refractivity contribution in [2.75, 3.05) is 10.0 Å². The molecule has 0 aromatic heterocycles. The molecule has 0 aliphatic heterocycles. The van der Waals surface area contributed by atoms with Gasteiger partial charge in [0.05, 0.1) is 4.90 Å². The number of benzene rings is 2. The van der Waals surface area contributed by atoms with E-state index in [1.807, 2.05) is 13.8 Å². The molecule has 0 atom stereocenters. The van der Waals surface area contributed by atoms with Crippen LogP contribution in [0.3, 0.4) is 0 Å². The molecule has 0 saturated carbocycles. The zero-order valence-corrected chi connectivity index (χ0v) is 15.6. The van der Waals surface area contributed by atoms with Gasteiger partial charge in [-0.15, -0.1) is 0 Å². The maximum Gasteiger partial charge on any atom is 0.261 e. The van der Waals surface area contributed by atoms with Gasteiger partial charge in [0.15, 0.2) is 0 Å². The van der Waals surface area contributed by atoms with Crippen LogP contribution in [0.5, 0.6) is 0 Å². The molecule has 3 N–H and O–H groups in total. The van der Waals surface area contributed by atoms with Gasteiger partial charge in [0.1, 0.15) is 0 Å². The topological polar surface area (TPSA) is 104 Å². The third-order valence-electron chi connectivity index (χ3n) is 3.28. The lowest BCUT2D eigenvalue weighted by Crippen LogP contribution is -2.30. The van der Waals surface area contributed by atoms with Gasteiger partial charge in [-0.3, -0.25) is 14.3 Å². The van der Waals surface area contributed by atoms with E-state index in [0.717, 1.165) is 0 Å². The summed E-state index contributed by atoms with van der Waals surface area (Å²) in [5.41, 5.74) is 1.17.